The van der Waals surface area contributed by atoms with Crippen molar-refractivity contribution in [3.8, 4) is 22.5 Å². The normalized spacial score (nSPS) is 11.4. The Bertz CT molecular complexity index is 1500. The van der Waals surface area contributed by atoms with E-state index in [-0.39, 0.29) is 23.2 Å². The lowest BCUT2D eigenvalue weighted by molar-refractivity contribution is 0.0949. The number of aromatic nitrogens is 5. The van der Waals surface area contributed by atoms with Crippen LogP contribution >= 0.6 is 0 Å². The first kappa shape index (κ1) is 20.6. The molecule has 8 nitrogen and oxygen atoms in total. The average Bonchev–Trinajstić information content (AvgIpc) is 3.42. The molecule has 4 aromatic heterocycles. The van der Waals surface area contributed by atoms with E-state index in [9.17, 15) is 9.18 Å². The number of amides is 1. The van der Waals surface area contributed by atoms with Gasteiger partial charge in [-0.15, -0.1) is 0 Å². The molecule has 0 unspecified atom stereocenters. The van der Waals surface area contributed by atoms with Gasteiger partial charge in [-0.3, -0.25) is 9.20 Å². The van der Waals surface area contributed by atoms with Crippen molar-refractivity contribution in [3.05, 3.63) is 72.2 Å². The summed E-state index contributed by atoms with van der Waals surface area (Å²) in [6.07, 6.45) is 6.22. The highest BCUT2D eigenvalue weighted by Gasteiger charge is 2.21. The summed E-state index contributed by atoms with van der Waals surface area (Å²) in [4.78, 5) is 26.1. The van der Waals surface area contributed by atoms with Crippen molar-refractivity contribution in [1.29, 1.82) is 0 Å². The van der Waals surface area contributed by atoms with Crippen molar-refractivity contribution in [2.45, 2.75) is 20.3 Å². The predicted molar refractivity (Wildman–Crippen MR) is 124 cm³/mol. The lowest BCUT2D eigenvalue weighted by atomic mass is 10.0. The first-order chi connectivity index (χ1) is 16.0. The molecule has 0 saturated carbocycles. The lowest BCUT2D eigenvalue weighted by Gasteiger charge is -2.14. The lowest BCUT2D eigenvalue weighted by Crippen LogP contribution is -2.24. The van der Waals surface area contributed by atoms with Crippen molar-refractivity contribution in [1.82, 2.24) is 29.1 Å². The summed E-state index contributed by atoms with van der Waals surface area (Å²) in [5.41, 5.74) is 11.4. The van der Waals surface area contributed by atoms with E-state index >= 15 is 0 Å². The number of carbonyl (C=O) groups excluding carboxylic acids is 1. The molecule has 4 heterocycles. The molecule has 0 aliphatic heterocycles. The zero-order valence-electron chi connectivity index (χ0n) is 18.2. The smallest absolute Gasteiger partial charge is 0.271 e. The van der Waals surface area contributed by atoms with E-state index in [1.807, 2.05) is 36.6 Å². The first-order valence-corrected chi connectivity index (χ1v) is 10.6. The molecular weight excluding hydrogens is 421 g/mol. The molecule has 1 amide bonds. The Morgan fingerprint density at radius 3 is 2.58 bits per heavy atom. The third kappa shape index (κ3) is 3.57. The molecule has 0 aliphatic rings. The molecule has 3 N–H and O–H groups in total. The minimum Gasteiger partial charge on any atom is -0.381 e. The van der Waals surface area contributed by atoms with Crippen molar-refractivity contribution in [2.75, 3.05) is 12.3 Å². The maximum absolute atomic E-state index is 13.6. The van der Waals surface area contributed by atoms with Gasteiger partial charge >= 0.3 is 0 Å². The first-order valence-electron chi connectivity index (χ1n) is 10.6. The molecule has 0 spiro atoms. The highest BCUT2D eigenvalue weighted by atomic mass is 19.1. The standard InChI is InChI=1S/C24H22FN7O/c1-3-10-27-24(33)18-13-32-21(16-6-9-19-28-11-14(2)31(19)12-16)20(30-22(26)23(32)29-18)15-4-7-17(25)8-5-15/h4-9,11-13H,3,10H2,1-2H3,(H2,26,30)(H,27,33). The number of hydrogen-bond donors (Lipinski definition) is 2. The largest absolute Gasteiger partial charge is 0.381 e. The van der Waals surface area contributed by atoms with Gasteiger partial charge in [0.05, 0.1) is 11.4 Å². The van der Waals surface area contributed by atoms with E-state index in [4.69, 9.17) is 5.73 Å². The third-order valence-electron chi connectivity index (χ3n) is 5.48. The van der Waals surface area contributed by atoms with Crippen LogP contribution < -0.4 is 11.1 Å². The zero-order valence-corrected chi connectivity index (χ0v) is 18.2. The SMILES string of the molecule is CCCNC(=O)c1cn2c(-c3ccc4ncc(C)n4c3)c(-c3ccc(F)cc3)nc(N)c2n1. The quantitative estimate of drug-likeness (QED) is 0.429. The highest BCUT2D eigenvalue weighted by molar-refractivity contribution is 5.94. The second kappa shape index (κ2) is 8.01. The Labute approximate surface area is 188 Å². The molecule has 0 bridgehead atoms. The van der Waals surface area contributed by atoms with Gasteiger partial charge in [0, 0.05) is 42.0 Å². The number of nitrogens with zero attached hydrogens (tertiary/aromatic N) is 5. The molecular formula is C24H22FN7O. The van der Waals surface area contributed by atoms with Crippen molar-refractivity contribution in [2.24, 2.45) is 0 Å². The molecule has 5 aromatic rings. The fraction of sp³-hybridized carbons (Fsp3) is 0.167. The van der Waals surface area contributed by atoms with Crippen LogP contribution in [0.5, 0.6) is 0 Å². The van der Waals surface area contributed by atoms with Crippen molar-refractivity contribution >= 4 is 23.0 Å². The number of nitrogens with one attached hydrogen (secondary N) is 1. The van der Waals surface area contributed by atoms with Crippen LogP contribution in [0.3, 0.4) is 0 Å². The van der Waals surface area contributed by atoms with E-state index in [1.54, 1.807) is 28.9 Å². The van der Waals surface area contributed by atoms with Crippen LogP contribution in [0.15, 0.2) is 55.0 Å². The molecule has 0 saturated heterocycles. The number of anilines is 1. The molecule has 9 heteroatoms. The summed E-state index contributed by atoms with van der Waals surface area (Å²) in [5, 5.41) is 2.84. The fourth-order valence-corrected chi connectivity index (χ4v) is 3.83. The van der Waals surface area contributed by atoms with Crippen LogP contribution in [0.2, 0.25) is 0 Å². The van der Waals surface area contributed by atoms with Gasteiger partial charge in [-0.05, 0) is 49.7 Å². The number of benzene rings is 1. The highest BCUT2D eigenvalue weighted by Crippen LogP contribution is 2.34. The van der Waals surface area contributed by atoms with Gasteiger partial charge in [0.2, 0.25) is 0 Å². The molecule has 1 aromatic carbocycles. The number of imidazole rings is 2. The van der Waals surface area contributed by atoms with E-state index in [0.717, 1.165) is 23.3 Å². The van der Waals surface area contributed by atoms with E-state index in [2.05, 4.69) is 20.3 Å². The minimum absolute atomic E-state index is 0.174. The van der Waals surface area contributed by atoms with Gasteiger partial charge in [0.1, 0.15) is 17.2 Å². The number of aryl methyl sites for hydroxylation is 1. The Morgan fingerprint density at radius 1 is 1.06 bits per heavy atom. The Morgan fingerprint density at radius 2 is 1.82 bits per heavy atom. The van der Waals surface area contributed by atoms with Gasteiger partial charge in [0.25, 0.3) is 5.91 Å². The second-order valence-corrected chi connectivity index (χ2v) is 7.82. The summed E-state index contributed by atoms with van der Waals surface area (Å²) < 4.78 is 17.4. The van der Waals surface area contributed by atoms with Crippen LogP contribution in [-0.2, 0) is 0 Å². The summed E-state index contributed by atoms with van der Waals surface area (Å²) in [6, 6.07) is 9.89. The summed E-state index contributed by atoms with van der Waals surface area (Å²) >= 11 is 0. The van der Waals surface area contributed by atoms with Gasteiger partial charge in [-0.1, -0.05) is 6.92 Å². The Balaban J connectivity index is 1.80. The number of fused-ring (bicyclic) bond motifs is 2. The van der Waals surface area contributed by atoms with Crippen molar-refractivity contribution in [3.63, 3.8) is 0 Å². The number of nitrogen functional groups attached to an aromatic ring is 1. The van der Waals surface area contributed by atoms with E-state index < -0.39 is 0 Å². The van der Waals surface area contributed by atoms with Gasteiger partial charge in [0.15, 0.2) is 11.5 Å². The van der Waals surface area contributed by atoms with Gasteiger partial charge in [-0.2, -0.15) is 0 Å². The monoisotopic (exact) mass is 443 g/mol. The maximum Gasteiger partial charge on any atom is 0.271 e. The Kier molecular flexibility index (Phi) is 5.01. The number of nitrogens with two attached hydrogens (primary N) is 1. The number of hydrogen-bond acceptors (Lipinski definition) is 5. The molecule has 33 heavy (non-hydrogen) atoms. The van der Waals surface area contributed by atoms with Crippen LogP contribution in [0.4, 0.5) is 10.2 Å². The zero-order chi connectivity index (χ0) is 23.1. The van der Waals surface area contributed by atoms with E-state index in [1.165, 1.54) is 12.1 Å². The average molecular weight is 443 g/mol. The van der Waals surface area contributed by atoms with Gasteiger partial charge < -0.3 is 15.5 Å². The van der Waals surface area contributed by atoms with Gasteiger partial charge in [-0.25, -0.2) is 19.3 Å². The molecule has 166 valence electrons. The molecule has 5 rings (SSSR count). The minimum atomic E-state index is -0.345. The molecule has 0 radical (unpaired) electrons. The summed E-state index contributed by atoms with van der Waals surface area (Å²) in [7, 11) is 0. The van der Waals surface area contributed by atoms with Crippen LogP contribution in [0, 0.1) is 12.7 Å². The second-order valence-electron chi connectivity index (χ2n) is 7.82. The summed E-state index contributed by atoms with van der Waals surface area (Å²) in [5.74, 6) is -0.454. The van der Waals surface area contributed by atoms with Crippen LogP contribution in [0.25, 0.3) is 33.8 Å². The number of carbonyl (C=O) groups is 1. The number of pyridine rings is 1. The third-order valence-corrected chi connectivity index (χ3v) is 5.48. The molecule has 0 atom stereocenters. The molecule has 0 fully saturated rings. The predicted octanol–water partition coefficient (Wildman–Crippen LogP) is 3.88. The molecule has 0 aliphatic carbocycles. The van der Waals surface area contributed by atoms with Crippen LogP contribution in [0.1, 0.15) is 29.5 Å². The van der Waals surface area contributed by atoms with Crippen LogP contribution in [-0.4, -0.2) is 36.2 Å². The maximum atomic E-state index is 13.6. The summed E-state index contributed by atoms with van der Waals surface area (Å²) in [6.45, 7) is 4.49. The van der Waals surface area contributed by atoms with E-state index in [0.29, 0.717) is 29.1 Å². The van der Waals surface area contributed by atoms with Crippen molar-refractivity contribution < 1.29 is 9.18 Å². The topological polar surface area (TPSA) is 103 Å². The Hall–Kier alpha value is -4.27. The fourth-order valence-electron chi connectivity index (χ4n) is 3.83. The number of rotatable bonds is 5. The number of halogens is 1.